The van der Waals surface area contributed by atoms with Crippen LogP contribution in [0.5, 0.6) is 0 Å². The first-order valence-corrected chi connectivity index (χ1v) is 7.20. The number of benzene rings is 1. The number of ether oxygens (including phenoxy) is 1. The van der Waals surface area contributed by atoms with Gasteiger partial charge in [0.1, 0.15) is 5.82 Å². The third-order valence-corrected chi connectivity index (χ3v) is 3.78. The standard InChI is InChI=1S/C13H16FN3O2S/c1-19-8-2-7-17-12(18)15-16-13(17)20-9-10-3-5-11(14)6-4-10/h3-6H,2,7-9H2,1H3,(H,15,18). The SMILES string of the molecule is COCCCn1c(SCc2ccc(F)cc2)n[nH]c1=O. The second-order valence-electron chi connectivity index (χ2n) is 4.22. The highest BCUT2D eigenvalue weighted by Crippen LogP contribution is 2.19. The van der Waals surface area contributed by atoms with E-state index < -0.39 is 0 Å². The van der Waals surface area contributed by atoms with E-state index in [1.807, 2.05) is 0 Å². The molecule has 0 spiro atoms. The number of aromatic nitrogens is 3. The normalized spacial score (nSPS) is 10.9. The smallest absolute Gasteiger partial charge is 0.343 e. The van der Waals surface area contributed by atoms with Crippen LogP contribution < -0.4 is 5.69 Å². The van der Waals surface area contributed by atoms with Crippen molar-refractivity contribution in [1.82, 2.24) is 14.8 Å². The molecule has 1 heterocycles. The van der Waals surface area contributed by atoms with Gasteiger partial charge < -0.3 is 4.74 Å². The fourth-order valence-corrected chi connectivity index (χ4v) is 2.63. The van der Waals surface area contributed by atoms with Gasteiger partial charge >= 0.3 is 5.69 Å². The lowest BCUT2D eigenvalue weighted by Crippen LogP contribution is -2.18. The number of H-pyrrole nitrogens is 1. The molecular formula is C13H16FN3O2S. The lowest BCUT2D eigenvalue weighted by Gasteiger charge is -2.05. The van der Waals surface area contributed by atoms with Gasteiger partial charge in [0.15, 0.2) is 5.16 Å². The second-order valence-corrected chi connectivity index (χ2v) is 5.17. The summed E-state index contributed by atoms with van der Waals surface area (Å²) in [5.74, 6) is 0.379. The number of hydrogen-bond acceptors (Lipinski definition) is 4. The van der Waals surface area contributed by atoms with Gasteiger partial charge in [-0.15, -0.1) is 5.10 Å². The Morgan fingerprint density at radius 1 is 1.40 bits per heavy atom. The minimum absolute atomic E-state index is 0.220. The van der Waals surface area contributed by atoms with Crippen molar-refractivity contribution in [3.05, 3.63) is 46.1 Å². The quantitative estimate of drug-likeness (QED) is 0.627. The molecule has 2 rings (SSSR count). The molecule has 2 aromatic rings. The maximum atomic E-state index is 12.8. The number of halogens is 1. The largest absolute Gasteiger partial charge is 0.385 e. The van der Waals surface area contributed by atoms with Crippen LogP contribution in [0.4, 0.5) is 4.39 Å². The number of aromatic amines is 1. The van der Waals surface area contributed by atoms with Gasteiger partial charge in [0.25, 0.3) is 0 Å². The Morgan fingerprint density at radius 2 is 2.15 bits per heavy atom. The second kappa shape index (κ2) is 7.25. The van der Waals surface area contributed by atoms with Crippen LogP contribution in [-0.4, -0.2) is 28.5 Å². The van der Waals surface area contributed by atoms with E-state index in [0.29, 0.717) is 24.1 Å². The van der Waals surface area contributed by atoms with Gasteiger partial charge in [-0.25, -0.2) is 14.3 Å². The van der Waals surface area contributed by atoms with Gasteiger partial charge in [-0.2, -0.15) is 0 Å². The number of hydrogen-bond donors (Lipinski definition) is 1. The molecule has 0 atom stereocenters. The molecule has 1 aromatic carbocycles. The van der Waals surface area contributed by atoms with Crippen molar-refractivity contribution >= 4 is 11.8 Å². The third kappa shape index (κ3) is 3.94. The van der Waals surface area contributed by atoms with Crippen LogP contribution in [0.2, 0.25) is 0 Å². The van der Waals surface area contributed by atoms with Crippen molar-refractivity contribution < 1.29 is 9.13 Å². The van der Waals surface area contributed by atoms with E-state index in [2.05, 4.69) is 10.2 Å². The Kier molecular flexibility index (Phi) is 5.37. The monoisotopic (exact) mass is 297 g/mol. The Bertz CT molecular complexity index is 594. The van der Waals surface area contributed by atoms with Crippen molar-refractivity contribution in [3.8, 4) is 0 Å². The van der Waals surface area contributed by atoms with E-state index in [1.165, 1.54) is 23.9 Å². The lowest BCUT2D eigenvalue weighted by atomic mass is 10.2. The molecule has 0 saturated heterocycles. The molecule has 0 amide bonds. The third-order valence-electron chi connectivity index (χ3n) is 2.73. The van der Waals surface area contributed by atoms with Crippen LogP contribution in [0.1, 0.15) is 12.0 Å². The summed E-state index contributed by atoms with van der Waals surface area (Å²) < 4.78 is 19.4. The Morgan fingerprint density at radius 3 is 2.85 bits per heavy atom. The van der Waals surface area contributed by atoms with Crippen molar-refractivity contribution in [2.24, 2.45) is 0 Å². The molecular weight excluding hydrogens is 281 g/mol. The number of nitrogens with one attached hydrogen (secondary N) is 1. The minimum atomic E-state index is -0.255. The Labute approximate surface area is 120 Å². The summed E-state index contributed by atoms with van der Waals surface area (Å²) in [5.41, 5.74) is 0.762. The molecule has 108 valence electrons. The maximum absolute atomic E-state index is 12.8. The molecule has 0 aliphatic carbocycles. The van der Waals surface area contributed by atoms with E-state index in [4.69, 9.17) is 4.74 Å². The summed E-state index contributed by atoms with van der Waals surface area (Å²) in [6.07, 6.45) is 0.750. The molecule has 0 aliphatic heterocycles. The maximum Gasteiger partial charge on any atom is 0.343 e. The molecule has 0 unspecified atom stereocenters. The summed E-state index contributed by atoms with van der Waals surface area (Å²) in [6, 6.07) is 6.29. The summed E-state index contributed by atoms with van der Waals surface area (Å²) in [4.78, 5) is 11.6. The van der Waals surface area contributed by atoms with E-state index in [1.54, 1.807) is 23.8 Å². The molecule has 0 aliphatic rings. The van der Waals surface area contributed by atoms with Gasteiger partial charge in [-0.1, -0.05) is 23.9 Å². The predicted molar refractivity (Wildman–Crippen MR) is 75.3 cm³/mol. The van der Waals surface area contributed by atoms with Gasteiger partial charge in [0.2, 0.25) is 0 Å². The molecule has 0 saturated carbocycles. The van der Waals surface area contributed by atoms with Gasteiger partial charge in [-0.05, 0) is 24.1 Å². The minimum Gasteiger partial charge on any atom is -0.385 e. The van der Waals surface area contributed by atoms with E-state index >= 15 is 0 Å². The first-order valence-electron chi connectivity index (χ1n) is 6.22. The molecule has 20 heavy (non-hydrogen) atoms. The number of rotatable bonds is 7. The fraction of sp³-hybridized carbons (Fsp3) is 0.385. The van der Waals surface area contributed by atoms with Crippen molar-refractivity contribution in [1.29, 1.82) is 0 Å². The zero-order chi connectivity index (χ0) is 14.4. The molecule has 0 bridgehead atoms. The highest BCUT2D eigenvalue weighted by atomic mass is 32.2. The van der Waals surface area contributed by atoms with Crippen LogP contribution in [-0.2, 0) is 17.0 Å². The van der Waals surface area contributed by atoms with E-state index in [-0.39, 0.29) is 11.5 Å². The predicted octanol–water partition coefficient (Wildman–Crippen LogP) is 2.04. The summed E-state index contributed by atoms with van der Waals surface area (Å²) in [5, 5.41) is 7.08. The molecule has 1 N–H and O–H groups in total. The summed E-state index contributed by atoms with van der Waals surface area (Å²) >= 11 is 1.44. The number of thioether (sulfide) groups is 1. The first-order chi connectivity index (χ1) is 9.70. The van der Waals surface area contributed by atoms with Gasteiger partial charge in [0.05, 0.1) is 0 Å². The molecule has 7 heteroatoms. The van der Waals surface area contributed by atoms with Crippen molar-refractivity contribution in [2.75, 3.05) is 13.7 Å². The average molecular weight is 297 g/mol. The summed E-state index contributed by atoms with van der Waals surface area (Å²) in [7, 11) is 1.63. The van der Waals surface area contributed by atoms with Crippen LogP contribution in [0, 0.1) is 5.82 Å². The van der Waals surface area contributed by atoms with Crippen LogP contribution in [0.3, 0.4) is 0 Å². The van der Waals surface area contributed by atoms with Gasteiger partial charge in [0, 0.05) is 26.0 Å². The number of nitrogens with zero attached hydrogens (tertiary/aromatic N) is 2. The van der Waals surface area contributed by atoms with Crippen molar-refractivity contribution in [3.63, 3.8) is 0 Å². The van der Waals surface area contributed by atoms with Gasteiger partial charge in [-0.3, -0.25) is 4.57 Å². The van der Waals surface area contributed by atoms with Crippen molar-refractivity contribution in [2.45, 2.75) is 23.9 Å². The Hall–Kier alpha value is -1.60. The fourth-order valence-electron chi connectivity index (χ4n) is 1.71. The summed E-state index contributed by atoms with van der Waals surface area (Å²) in [6.45, 7) is 1.16. The van der Waals surface area contributed by atoms with E-state index in [9.17, 15) is 9.18 Å². The zero-order valence-corrected chi connectivity index (χ0v) is 12.0. The zero-order valence-electron chi connectivity index (χ0n) is 11.1. The highest BCUT2D eigenvalue weighted by Gasteiger charge is 2.08. The molecule has 5 nitrogen and oxygen atoms in total. The Balaban J connectivity index is 1.98. The van der Waals surface area contributed by atoms with Crippen LogP contribution in [0.25, 0.3) is 0 Å². The molecule has 0 radical (unpaired) electrons. The van der Waals surface area contributed by atoms with Crippen LogP contribution >= 0.6 is 11.8 Å². The first kappa shape index (κ1) is 14.8. The topological polar surface area (TPSA) is 59.9 Å². The highest BCUT2D eigenvalue weighted by molar-refractivity contribution is 7.98. The molecule has 0 fully saturated rings. The van der Waals surface area contributed by atoms with E-state index in [0.717, 1.165) is 12.0 Å². The number of methoxy groups -OCH3 is 1. The average Bonchev–Trinajstić information content (AvgIpc) is 2.80. The van der Waals surface area contributed by atoms with Crippen LogP contribution in [0.15, 0.2) is 34.2 Å². The lowest BCUT2D eigenvalue weighted by molar-refractivity contribution is 0.189. The molecule has 1 aromatic heterocycles.